The van der Waals surface area contributed by atoms with Crippen LogP contribution in [0.5, 0.6) is 17.2 Å². The van der Waals surface area contributed by atoms with Gasteiger partial charge >= 0.3 is 0 Å². The van der Waals surface area contributed by atoms with Gasteiger partial charge in [-0.3, -0.25) is 4.79 Å². The molecule has 0 fully saturated rings. The zero-order valence-corrected chi connectivity index (χ0v) is 18.4. The van der Waals surface area contributed by atoms with Crippen molar-refractivity contribution in [1.29, 1.82) is 0 Å². The minimum absolute atomic E-state index is 0.0469. The van der Waals surface area contributed by atoms with E-state index >= 15 is 0 Å². The molecule has 0 aliphatic heterocycles. The van der Waals surface area contributed by atoms with Crippen LogP contribution in [0.1, 0.15) is 19.4 Å². The van der Waals surface area contributed by atoms with E-state index < -0.39 is 0 Å². The van der Waals surface area contributed by atoms with Crippen molar-refractivity contribution in [3.05, 3.63) is 66.2 Å². The van der Waals surface area contributed by atoms with Crippen LogP contribution in [-0.4, -0.2) is 32.3 Å². The molecule has 0 saturated carbocycles. The first kappa shape index (κ1) is 21.6. The van der Waals surface area contributed by atoms with E-state index in [1.165, 1.54) is 0 Å². The van der Waals surface area contributed by atoms with Crippen LogP contribution in [0.25, 0.3) is 21.9 Å². The molecular weight excluding hydrogens is 406 g/mol. The van der Waals surface area contributed by atoms with Gasteiger partial charge in [-0.2, -0.15) is 0 Å². The second-order valence-electron chi connectivity index (χ2n) is 7.29. The summed E-state index contributed by atoms with van der Waals surface area (Å²) in [4.78, 5) is 12.2. The number of fused-ring (bicyclic) bond motifs is 3. The molecule has 0 radical (unpaired) electrons. The average molecular weight is 434 g/mol. The summed E-state index contributed by atoms with van der Waals surface area (Å²) in [5, 5.41) is 4.90. The highest BCUT2D eigenvalue weighted by molar-refractivity contribution is 6.05. The van der Waals surface area contributed by atoms with Gasteiger partial charge in [-0.15, -0.1) is 0 Å². The maximum Gasteiger partial charge on any atom is 0.257 e. The predicted octanol–water partition coefficient (Wildman–Crippen LogP) is 5.12. The van der Waals surface area contributed by atoms with Crippen molar-refractivity contribution in [2.75, 3.05) is 26.4 Å². The zero-order valence-electron chi connectivity index (χ0n) is 18.4. The van der Waals surface area contributed by atoms with E-state index in [9.17, 15) is 4.79 Å². The Morgan fingerprint density at radius 3 is 2.47 bits per heavy atom. The molecule has 166 valence electrons. The topological polar surface area (TPSA) is 69.9 Å². The van der Waals surface area contributed by atoms with Gasteiger partial charge in [0.05, 0.1) is 13.2 Å². The smallest absolute Gasteiger partial charge is 0.257 e. The summed E-state index contributed by atoms with van der Waals surface area (Å²) in [6.07, 6.45) is 0.686. The standard InChI is InChI=1S/C26H27NO5/c1-3-29-24-11-9-18(15-25(24)30-4-2)13-14-27-26(28)17-31-19-10-12-23-21(16-19)20-7-5-6-8-22(20)32-23/h5-12,15-16H,3-4,13-14,17H2,1-2H3,(H,27,28). The van der Waals surface area contributed by atoms with Crippen LogP contribution < -0.4 is 19.5 Å². The SMILES string of the molecule is CCOc1ccc(CCNC(=O)COc2ccc3oc4ccccc4c3c2)cc1OCC. The highest BCUT2D eigenvalue weighted by atomic mass is 16.5. The first-order chi connectivity index (χ1) is 15.7. The molecule has 1 amide bonds. The molecule has 4 aromatic rings. The van der Waals surface area contributed by atoms with Gasteiger partial charge in [-0.1, -0.05) is 24.3 Å². The Labute approximate surface area is 187 Å². The van der Waals surface area contributed by atoms with Crippen LogP contribution in [0.2, 0.25) is 0 Å². The summed E-state index contributed by atoms with van der Waals surface area (Å²) in [5.41, 5.74) is 2.69. The third-order valence-electron chi connectivity index (χ3n) is 5.06. The Morgan fingerprint density at radius 2 is 1.62 bits per heavy atom. The molecule has 4 rings (SSSR count). The fraction of sp³-hybridized carbons (Fsp3) is 0.269. The number of benzene rings is 3. The lowest BCUT2D eigenvalue weighted by Crippen LogP contribution is -2.30. The predicted molar refractivity (Wildman–Crippen MR) is 125 cm³/mol. The van der Waals surface area contributed by atoms with Crippen LogP contribution in [0.3, 0.4) is 0 Å². The van der Waals surface area contributed by atoms with Crippen molar-refractivity contribution >= 4 is 27.8 Å². The Morgan fingerprint density at radius 1 is 0.844 bits per heavy atom. The molecule has 6 heteroatoms. The molecule has 0 aliphatic carbocycles. The van der Waals surface area contributed by atoms with Crippen molar-refractivity contribution in [3.8, 4) is 17.2 Å². The highest BCUT2D eigenvalue weighted by Crippen LogP contribution is 2.31. The van der Waals surface area contributed by atoms with Crippen LogP contribution >= 0.6 is 0 Å². The van der Waals surface area contributed by atoms with E-state index in [0.29, 0.717) is 31.9 Å². The van der Waals surface area contributed by atoms with Gasteiger partial charge in [0.2, 0.25) is 0 Å². The van der Waals surface area contributed by atoms with Gasteiger partial charge in [0.15, 0.2) is 18.1 Å². The van der Waals surface area contributed by atoms with E-state index in [1.807, 2.05) is 74.5 Å². The summed E-state index contributed by atoms with van der Waals surface area (Å²) in [5.74, 6) is 1.92. The number of para-hydroxylation sites is 1. The molecule has 0 spiro atoms. The van der Waals surface area contributed by atoms with Gasteiger partial charge in [0.25, 0.3) is 5.91 Å². The average Bonchev–Trinajstić information content (AvgIpc) is 3.18. The molecule has 0 bridgehead atoms. The third-order valence-corrected chi connectivity index (χ3v) is 5.06. The van der Waals surface area contributed by atoms with Gasteiger partial charge in [-0.05, 0) is 62.2 Å². The molecule has 6 nitrogen and oxygen atoms in total. The summed E-state index contributed by atoms with van der Waals surface area (Å²) in [6.45, 7) is 5.49. The monoisotopic (exact) mass is 433 g/mol. The number of furan rings is 1. The van der Waals surface area contributed by atoms with Crippen molar-refractivity contribution < 1.29 is 23.4 Å². The summed E-state index contributed by atoms with van der Waals surface area (Å²) >= 11 is 0. The molecule has 3 aromatic carbocycles. The summed E-state index contributed by atoms with van der Waals surface area (Å²) < 4.78 is 22.8. The minimum atomic E-state index is -0.168. The molecule has 1 aromatic heterocycles. The number of ether oxygens (including phenoxy) is 3. The normalized spacial score (nSPS) is 10.9. The zero-order chi connectivity index (χ0) is 22.3. The number of amides is 1. The molecule has 0 saturated heterocycles. The number of hydrogen-bond acceptors (Lipinski definition) is 5. The van der Waals surface area contributed by atoms with Crippen molar-refractivity contribution in [2.24, 2.45) is 0 Å². The first-order valence-corrected chi connectivity index (χ1v) is 10.9. The molecule has 1 N–H and O–H groups in total. The number of carbonyl (C=O) groups excluding carboxylic acids is 1. The highest BCUT2D eigenvalue weighted by Gasteiger charge is 2.10. The van der Waals surface area contributed by atoms with E-state index in [1.54, 1.807) is 0 Å². The molecule has 1 heterocycles. The number of carbonyl (C=O) groups is 1. The number of hydrogen-bond donors (Lipinski definition) is 1. The Kier molecular flexibility index (Phi) is 6.80. The maximum absolute atomic E-state index is 12.2. The van der Waals surface area contributed by atoms with Crippen molar-refractivity contribution in [2.45, 2.75) is 20.3 Å². The van der Waals surface area contributed by atoms with Gasteiger partial charge in [0.1, 0.15) is 16.9 Å². The molecule has 32 heavy (non-hydrogen) atoms. The van der Waals surface area contributed by atoms with Gasteiger partial charge in [0, 0.05) is 17.3 Å². The van der Waals surface area contributed by atoms with Gasteiger partial charge in [-0.25, -0.2) is 0 Å². The van der Waals surface area contributed by atoms with Gasteiger partial charge < -0.3 is 23.9 Å². The number of nitrogens with one attached hydrogen (secondary N) is 1. The lowest BCUT2D eigenvalue weighted by atomic mass is 10.1. The van der Waals surface area contributed by atoms with E-state index in [0.717, 1.165) is 39.0 Å². The molecule has 0 atom stereocenters. The lowest BCUT2D eigenvalue weighted by Gasteiger charge is -2.13. The van der Waals surface area contributed by atoms with E-state index in [-0.39, 0.29) is 12.5 Å². The van der Waals surface area contributed by atoms with Crippen LogP contribution in [-0.2, 0) is 11.2 Å². The molecule has 0 unspecified atom stereocenters. The van der Waals surface area contributed by atoms with Crippen molar-refractivity contribution in [1.82, 2.24) is 5.32 Å². The Hall–Kier alpha value is -3.67. The maximum atomic E-state index is 12.2. The quantitative estimate of drug-likeness (QED) is 0.376. The van der Waals surface area contributed by atoms with E-state index in [4.69, 9.17) is 18.6 Å². The van der Waals surface area contributed by atoms with Crippen molar-refractivity contribution in [3.63, 3.8) is 0 Å². The second-order valence-corrected chi connectivity index (χ2v) is 7.29. The van der Waals surface area contributed by atoms with Crippen LogP contribution in [0, 0.1) is 0 Å². The Bertz CT molecular complexity index is 1210. The van der Waals surface area contributed by atoms with Crippen LogP contribution in [0.4, 0.5) is 0 Å². The Balaban J connectivity index is 1.30. The van der Waals surface area contributed by atoms with Crippen LogP contribution in [0.15, 0.2) is 65.1 Å². The minimum Gasteiger partial charge on any atom is -0.490 e. The molecule has 0 aliphatic rings. The largest absolute Gasteiger partial charge is 0.490 e. The summed E-state index contributed by atoms with van der Waals surface area (Å²) in [7, 11) is 0. The second kappa shape index (κ2) is 10.1. The number of rotatable bonds is 10. The fourth-order valence-electron chi connectivity index (χ4n) is 3.59. The molecular formula is C26H27NO5. The summed E-state index contributed by atoms with van der Waals surface area (Å²) in [6, 6.07) is 19.3. The van der Waals surface area contributed by atoms with E-state index in [2.05, 4.69) is 5.32 Å². The fourth-order valence-corrected chi connectivity index (χ4v) is 3.59. The lowest BCUT2D eigenvalue weighted by molar-refractivity contribution is -0.123. The first-order valence-electron chi connectivity index (χ1n) is 10.9. The third kappa shape index (κ3) is 4.97.